The highest BCUT2D eigenvalue weighted by atomic mass is 19.1. The van der Waals surface area contributed by atoms with Crippen molar-refractivity contribution in [1.82, 2.24) is 19.8 Å². The van der Waals surface area contributed by atoms with Crippen LogP contribution in [0.5, 0.6) is 0 Å². The Morgan fingerprint density at radius 3 is 2.62 bits per heavy atom. The van der Waals surface area contributed by atoms with E-state index in [1.807, 2.05) is 0 Å². The Balaban J connectivity index is 1.43. The lowest BCUT2D eigenvalue weighted by Gasteiger charge is -2.38. The van der Waals surface area contributed by atoms with E-state index >= 15 is 0 Å². The van der Waals surface area contributed by atoms with Crippen molar-refractivity contribution in [3.8, 4) is 0 Å². The van der Waals surface area contributed by atoms with Crippen LogP contribution in [-0.4, -0.2) is 44.8 Å². The third-order valence-electron chi connectivity index (χ3n) is 7.40. The van der Waals surface area contributed by atoms with E-state index in [0.717, 1.165) is 37.1 Å². The number of halogens is 1. The highest BCUT2D eigenvalue weighted by molar-refractivity contribution is 5.94. The van der Waals surface area contributed by atoms with Crippen LogP contribution in [0, 0.1) is 5.82 Å². The summed E-state index contributed by atoms with van der Waals surface area (Å²) in [5, 5.41) is 0. The number of carbonyl (C=O) groups is 1. The van der Waals surface area contributed by atoms with Gasteiger partial charge in [0.2, 0.25) is 0 Å². The third kappa shape index (κ3) is 4.10. The Kier molecular flexibility index (Phi) is 6.09. The molecular formula is C25H31FN4O2. The Bertz CT molecular complexity index is 1050. The van der Waals surface area contributed by atoms with Crippen LogP contribution in [0.1, 0.15) is 84.8 Å². The first-order valence-corrected chi connectivity index (χ1v) is 12.0. The van der Waals surface area contributed by atoms with Crippen molar-refractivity contribution in [2.45, 2.75) is 76.4 Å². The Labute approximate surface area is 187 Å². The number of piperidine rings is 1. The molecule has 3 aliphatic rings. The third-order valence-corrected chi connectivity index (χ3v) is 7.40. The Morgan fingerprint density at radius 2 is 1.81 bits per heavy atom. The van der Waals surface area contributed by atoms with E-state index in [4.69, 9.17) is 4.98 Å². The van der Waals surface area contributed by atoms with Gasteiger partial charge in [0.05, 0.1) is 17.3 Å². The molecule has 170 valence electrons. The van der Waals surface area contributed by atoms with Gasteiger partial charge >= 0.3 is 0 Å². The van der Waals surface area contributed by atoms with Gasteiger partial charge in [0.1, 0.15) is 11.6 Å². The topological polar surface area (TPSA) is 69.3 Å². The number of aromatic nitrogens is 2. The molecule has 2 aliphatic heterocycles. The summed E-state index contributed by atoms with van der Waals surface area (Å²) in [7, 11) is 0. The number of hydrogen-bond donors (Lipinski definition) is 1. The molecule has 1 aromatic heterocycles. The number of nitrogens with one attached hydrogen (secondary N) is 1. The number of fused-ring (bicyclic) bond motifs is 1. The van der Waals surface area contributed by atoms with Crippen molar-refractivity contribution >= 4 is 5.91 Å². The van der Waals surface area contributed by atoms with E-state index in [9.17, 15) is 14.0 Å². The molecule has 1 aromatic carbocycles. The molecular weight excluding hydrogens is 407 g/mol. The van der Waals surface area contributed by atoms with Gasteiger partial charge in [0.25, 0.3) is 11.5 Å². The van der Waals surface area contributed by atoms with Gasteiger partial charge in [-0.2, -0.15) is 0 Å². The minimum atomic E-state index is -0.517. The summed E-state index contributed by atoms with van der Waals surface area (Å²) in [6.45, 7) is 2.14. The van der Waals surface area contributed by atoms with Crippen LogP contribution in [0.2, 0.25) is 0 Å². The van der Waals surface area contributed by atoms with Crippen molar-refractivity contribution in [3.05, 3.63) is 63.1 Å². The SMILES string of the molecule is O=C(c1ccccc1F)N1CCCC[C@H]1c1nc2c(c(=O)[nH]1)CCN(C1CCCCC1)C2. The molecule has 1 N–H and O–H groups in total. The van der Waals surface area contributed by atoms with E-state index in [2.05, 4.69) is 9.88 Å². The first-order chi connectivity index (χ1) is 15.6. The van der Waals surface area contributed by atoms with Crippen molar-refractivity contribution in [3.63, 3.8) is 0 Å². The minimum Gasteiger partial charge on any atom is -0.328 e. The first kappa shape index (κ1) is 21.3. The number of carbonyl (C=O) groups excluding carboxylic acids is 1. The maximum absolute atomic E-state index is 14.3. The Morgan fingerprint density at radius 1 is 1.03 bits per heavy atom. The summed E-state index contributed by atoms with van der Waals surface area (Å²) in [4.78, 5) is 38.2. The molecule has 3 heterocycles. The molecule has 0 unspecified atom stereocenters. The molecule has 1 saturated heterocycles. The Hall–Kier alpha value is -2.54. The van der Waals surface area contributed by atoms with Crippen LogP contribution in [0.3, 0.4) is 0 Å². The van der Waals surface area contributed by atoms with Gasteiger partial charge in [-0.1, -0.05) is 31.4 Å². The molecule has 1 aliphatic carbocycles. The fourth-order valence-electron chi connectivity index (χ4n) is 5.64. The van der Waals surface area contributed by atoms with Gasteiger partial charge in [0.15, 0.2) is 0 Å². The fraction of sp³-hybridized carbons (Fsp3) is 0.560. The number of aromatic amines is 1. The number of nitrogens with zero attached hydrogens (tertiary/aromatic N) is 3. The normalized spacial score (nSPS) is 22.5. The molecule has 2 aromatic rings. The minimum absolute atomic E-state index is 0.0724. The molecule has 32 heavy (non-hydrogen) atoms. The number of rotatable bonds is 3. The van der Waals surface area contributed by atoms with E-state index < -0.39 is 5.82 Å². The van der Waals surface area contributed by atoms with E-state index in [1.54, 1.807) is 17.0 Å². The van der Waals surface area contributed by atoms with Gasteiger partial charge in [-0.25, -0.2) is 9.37 Å². The van der Waals surface area contributed by atoms with Gasteiger partial charge in [-0.15, -0.1) is 0 Å². The van der Waals surface area contributed by atoms with Crippen LogP contribution in [0.15, 0.2) is 29.1 Å². The quantitative estimate of drug-likeness (QED) is 0.787. The lowest BCUT2D eigenvalue weighted by Crippen LogP contribution is -2.44. The van der Waals surface area contributed by atoms with Crippen LogP contribution in [0.25, 0.3) is 0 Å². The maximum Gasteiger partial charge on any atom is 0.257 e. The standard InChI is InChI=1S/C25H31FN4O2/c26-20-11-5-4-10-18(20)25(32)30-14-7-6-12-22(30)23-27-21-16-29(17-8-2-1-3-9-17)15-13-19(21)24(31)28-23/h4-5,10-11,17,22H,1-3,6-9,12-16H2,(H,27,28,31)/t22-/m0/s1. The summed E-state index contributed by atoms with van der Waals surface area (Å²) >= 11 is 0. The van der Waals surface area contributed by atoms with Gasteiger partial charge < -0.3 is 9.88 Å². The lowest BCUT2D eigenvalue weighted by atomic mass is 9.92. The molecule has 7 heteroatoms. The second-order valence-corrected chi connectivity index (χ2v) is 9.38. The molecule has 1 atom stereocenters. The smallest absolute Gasteiger partial charge is 0.257 e. The van der Waals surface area contributed by atoms with Crippen molar-refractivity contribution < 1.29 is 9.18 Å². The zero-order valence-corrected chi connectivity index (χ0v) is 18.5. The second kappa shape index (κ2) is 9.14. The summed E-state index contributed by atoms with van der Waals surface area (Å²) < 4.78 is 14.3. The molecule has 0 radical (unpaired) electrons. The fourth-order valence-corrected chi connectivity index (χ4v) is 5.64. The summed E-state index contributed by atoms with van der Waals surface area (Å²) in [6, 6.07) is 6.34. The lowest BCUT2D eigenvalue weighted by molar-refractivity contribution is 0.0593. The average molecular weight is 439 g/mol. The monoisotopic (exact) mass is 438 g/mol. The van der Waals surface area contributed by atoms with Crippen LogP contribution in [-0.2, 0) is 13.0 Å². The van der Waals surface area contributed by atoms with E-state index in [-0.39, 0.29) is 23.1 Å². The highest BCUT2D eigenvalue weighted by Crippen LogP contribution is 2.32. The number of hydrogen-bond acceptors (Lipinski definition) is 4. The number of benzene rings is 1. The van der Waals surface area contributed by atoms with Gasteiger partial charge in [-0.3, -0.25) is 14.5 Å². The molecule has 1 amide bonds. The zero-order valence-electron chi connectivity index (χ0n) is 18.5. The molecule has 2 fully saturated rings. The molecule has 0 spiro atoms. The predicted molar refractivity (Wildman–Crippen MR) is 120 cm³/mol. The van der Waals surface area contributed by atoms with Gasteiger partial charge in [0, 0.05) is 31.2 Å². The number of H-pyrrole nitrogens is 1. The molecule has 5 rings (SSSR count). The summed E-state index contributed by atoms with van der Waals surface area (Å²) in [5.41, 5.74) is 1.62. The van der Waals surface area contributed by atoms with Gasteiger partial charge in [-0.05, 0) is 50.7 Å². The predicted octanol–water partition coefficient (Wildman–Crippen LogP) is 3.97. The number of amides is 1. The summed E-state index contributed by atoms with van der Waals surface area (Å²) in [6.07, 6.45) is 9.55. The highest BCUT2D eigenvalue weighted by Gasteiger charge is 2.33. The van der Waals surface area contributed by atoms with E-state index in [0.29, 0.717) is 31.4 Å². The van der Waals surface area contributed by atoms with Crippen molar-refractivity contribution in [2.24, 2.45) is 0 Å². The summed E-state index contributed by atoms with van der Waals surface area (Å²) in [5.74, 6) is -0.308. The molecule has 6 nitrogen and oxygen atoms in total. The average Bonchev–Trinajstić information content (AvgIpc) is 2.84. The van der Waals surface area contributed by atoms with Crippen molar-refractivity contribution in [2.75, 3.05) is 13.1 Å². The van der Waals surface area contributed by atoms with Crippen LogP contribution < -0.4 is 5.56 Å². The van der Waals surface area contributed by atoms with Crippen LogP contribution in [0.4, 0.5) is 4.39 Å². The second-order valence-electron chi connectivity index (χ2n) is 9.38. The molecule has 0 bridgehead atoms. The largest absolute Gasteiger partial charge is 0.328 e. The van der Waals surface area contributed by atoms with E-state index in [1.165, 1.54) is 44.2 Å². The molecule has 1 saturated carbocycles. The first-order valence-electron chi connectivity index (χ1n) is 12.0. The zero-order chi connectivity index (χ0) is 22.1. The van der Waals surface area contributed by atoms with Crippen LogP contribution >= 0.6 is 0 Å². The maximum atomic E-state index is 14.3. The van der Waals surface area contributed by atoms with Crippen molar-refractivity contribution in [1.29, 1.82) is 0 Å². The number of likely N-dealkylation sites (tertiary alicyclic amines) is 1.